The summed E-state index contributed by atoms with van der Waals surface area (Å²) in [6.45, 7) is 4.74. The topological polar surface area (TPSA) is 73.9 Å². The zero-order chi connectivity index (χ0) is 23.1. The Morgan fingerprint density at radius 2 is 1.84 bits per heavy atom. The van der Waals surface area contributed by atoms with Crippen molar-refractivity contribution in [2.75, 3.05) is 43.5 Å². The molecular weight excluding hydrogens is 448 g/mol. The highest BCUT2D eigenvalue weighted by Crippen LogP contribution is 2.30. The van der Waals surface area contributed by atoms with Crippen molar-refractivity contribution >= 4 is 52.1 Å². The van der Waals surface area contributed by atoms with Gasteiger partial charge < -0.3 is 19.9 Å². The van der Waals surface area contributed by atoms with Gasteiger partial charge in [0.1, 0.15) is 5.75 Å². The molecule has 0 atom stereocenters. The number of hydrogen-bond donors (Lipinski definition) is 2. The van der Waals surface area contributed by atoms with E-state index in [1.54, 1.807) is 30.3 Å². The van der Waals surface area contributed by atoms with E-state index in [0.29, 0.717) is 54.6 Å². The van der Waals surface area contributed by atoms with Crippen molar-refractivity contribution in [1.82, 2.24) is 10.2 Å². The van der Waals surface area contributed by atoms with Gasteiger partial charge in [-0.1, -0.05) is 30.7 Å². The van der Waals surface area contributed by atoms with Gasteiger partial charge in [-0.2, -0.15) is 0 Å². The molecule has 0 unspecified atom stereocenters. The Hall–Kier alpha value is -2.84. The van der Waals surface area contributed by atoms with Gasteiger partial charge in [0.05, 0.1) is 24.0 Å². The van der Waals surface area contributed by atoms with Crippen LogP contribution in [0.15, 0.2) is 42.5 Å². The maximum absolute atomic E-state index is 12.6. The molecule has 0 saturated carbocycles. The van der Waals surface area contributed by atoms with Gasteiger partial charge in [-0.25, -0.2) is 0 Å². The molecule has 2 amide bonds. The summed E-state index contributed by atoms with van der Waals surface area (Å²) in [6, 6.07) is 12.4. The molecule has 32 heavy (non-hydrogen) atoms. The van der Waals surface area contributed by atoms with Crippen LogP contribution in [0.3, 0.4) is 0 Å². The number of nitrogens with zero attached hydrogens (tertiary/aromatic N) is 2. The van der Waals surface area contributed by atoms with Crippen molar-refractivity contribution < 1.29 is 14.3 Å². The summed E-state index contributed by atoms with van der Waals surface area (Å²) in [4.78, 5) is 28.9. The van der Waals surface area contributed by atoms with Crippen LogP contribution in [0.2, 0.25) is 5.02 Å². The quantitative estimate of drug-likeness (QED) is 0.618. The van der Waals surface area contributed by atoms with Gasteiger partial charge in [-0.3, -0.25) is 14.9 Å². The molecule has 9 heteroatoms. The number of methoxy groups -OCH3 is 1. The Morgan fingerprint density at radius 3 is 2.53 bits per heavy atom. The lowest BCUT2D eigenvalue weighted by atomic mass is 10.2. The largest absolute Gasteiger partial charge is 0.496 e. The van der Waals surface area contributed by atoms with Crippen LogP contribution < -0.4 is 20.3 Å². The summed E-state index contributed by atoms with van der Waals surface area (Å²) in [5.74, 6) is 0.292. The van der Waals surface area contributed by atoms with Crippen LogP contribution >= 0.6 is 23.8 Å². The molecule has 1 heterocycles. The van der Waals surface area contributed by atoms with Crippen LogP contribution in [0.4, 0.5) is 11.4 Å². The van der Waals surface area contributed by atoms with Gasteiger partial charge in [-0.15, -0.1) is 0 Å². The van der Waals surface area contributed by atoms with E-state index in [4.69, 9.17) is 28.6 Å². The first kappa shape index (κ1) is 23.8. The Morgan fingerprint density at radius 1 is 1.12 bits per heavy atom. The van der Waals surface area contributed by atoms with Crippen LogP contribution in [-0.4, -0.2) is 55.1 Å². The normalized spacial score (nSPS) is 13.5. The fourth-order valence-corrected chi connectivity index (χ4v) is 3.98. The molecule has 2 aromatic rings. The first-order valence-electron chi connectivity index (χ1n) is 10.5. The minimum absolute atomic E-state index is 0.154. The number of para-hydroxylation sites is 1. The van der Waals surface area contributed by atoms with Crippen molar-refractivity contribution in [3.63, 3.8) is 0 Å². The van der Waals surface area contributed by atoms with Crippen LogP contribution in [-0.2, 0) is 4.79 Å². The minimum atomic E-state index is -0.369. The number of nitrogens with one attached hydrogen (secondary N) is 2. The van der Waals surface area contributed by atoms with E-state index in [2.05, 4.69) is 15.5 Å². The number of thiocarbonyl (C=S) groups is 1. The maximum atomic E-state index is 12.6. The van der Waals surface area contributed by atoms with Crippen molar-refractivity contribution in [3.8, 4) is 5.75 Å². The second-order valence-electron chi connectivity index (χ2n) is 7.39. The molecule has 1 saturated heterocycles. The molecule has 0 spiro atoms. The molecule has 170 valence electrons. The summed E-state index contributed by atoms with van der Waals surface area (Å²) in [5.41, 5.74) is 1.99. The van der Waals surface area contributed by atoms with Crippen molar-refractivity contribution in [2.45, 2.75) is 19.8 Å². The van der Waals surface area contributed by atoms with E-state index in [9.17, 15) is 9.59 Å². The van der Waals surface area contributed by atoms with E-state index in [1.807, 2.05) is 24.0 Å². The maximum Gasteiger partial charge on any atom is 0.261 e. The molecular formula is C23H27ClN4O3S. The minimum Gasteiger partial charge on any atom is -0.496 e. The predicted octanol–water partition coefficient (Wildman–Crippen LogP) is 3.92. The summed E-state index contributed by atoms with van der Waals surface area (Å²) in [7, 11) is 1.51. The first-order chi connectivity index (χ1) is 15.4. The molecule has 2 aromatic carbocycles. The highest BCUT2D eigenvalue weighted by Gasteiger charge is 2.23. The molecule has 3 rings (SSSR count). The second kappa shape index (κ2) is 11.2. The summed E-state index contributed by atoms with van der Waals surface area (Å²) < 4.78 is 5.24. The lowest BCUT2D eigenvalue weighted by molar-refractivity contribution is -0.131. The highest BCUT2D eigenvalue weighted by atomic mass is 35.5. The monoisotopic (exact) mass is 474 g/mol. The molecule has 2 N–H and O–H groups in total. The molecule has 0 bridgehead atoms. The van der Waals surface area contributed by atoms with Crippen molar-refractivity contribution in [3.05, 3.63) is 53.1 Å². The third kappa shape index (κ3) is 5.89. The van der Waals surface area contributed by atoms with E-state index in [1.165, 1.54) is 7.11 Å². The SMILES string of the molecule is CCCC(=O)N1CCN(c2ccc(Cl)cc2NC(=S)NC(=O)c2ccccc2OC)CC1. The number of amides is 2. The molecule has 1 fully saturated rings. The molecule has 1 aliphatic rings. The molecule has 1 aliphatic heterocycles. The number of rotatable bonds is 6. The highest BCUT2D eigenvalue weighted by molar-refractivity contribution is 7.80. The van der Waals surface area contributed by atoms with Crippen molar-refractivity contribution in [1.29, 1.82) is 0 Å². The Labute approximate surface area is 198 Å². The first-order valence-corrected chi connectivity index (χ1v) is 11.3. The van der Waals surface area contributed by atoms with E-state index in [0.717, 1.165) is 12.1 Å². The fourth-order valence-electron chi connectivity index (χ4n) is 3.61. The van der Waals surface area contributed by atoms with E-state index in [-0.39, 0.29) is 16.9 Å². The number of carbonyl (C=O) groups excluding carboxylic acids is 2. The number of ether oxygens (including phenoxy) is 1. The third-order valence-corrected chi connectivity index (χ3v) is 5.66. The molecule has 7 nitrogen and oxygen atoms in total. The Bertz CT molecular complexity index is 993. The molecule has 0 aromatic heterocycles. The zero-order valence-electron chi connectivity index (χ0n) is 18.2. The predicted molar refractivity (Wildman–Crippen MR) is 132 cm³/mol. The molecule has 0 radical (unpaired) electrons. The van der Waals surface area contributed by atoms with Gasteiger partial charge in [-0.05, 0) is 49.0 Å². The number of anilines is 2. The summed E-state index contributed by atoms with van der Waals surface area (Å²) in [5, 5.41) is 6.49. The van der Waals surface area contributed by atoms with E-state index >= 15 is 0 Å². The average molecular weight is 475 g/mol. The average Bonchev–Trinajstić information content (AvgIpc) is 2.79. The van der Waals surface area contributed by atoms with Gasteiger partial charge in [0.15, 0.2) is 5.11 Å². The van der Waals surface area contributed by atoms with Gasteiger partial charge in [0.25, 0.3) is 5.91 Å². The zero-order valence-corrected chi connectivity index (χ0v) is 19.8. The van der Waals surface area contributed by atoms with Gasteiger partial charge in [0.2, 0.25) is 5.91 Å². The molecule has 0 aliphatic carbocycles. The van der Waals surface area contributed by atoms with Crippen LogP contribution in [0.1, 0.15) is 30.1 Å². The fraction of sp³-hybridized carbons (Fsp3) is 0.348. The summed E-state index contributed by atoms with van der Waals surface area (Å²) in [6.07, 6.45) is 1.43. The third-order valence-electron chi connectivity index (χ3n) is 5.22. The standard InChI is InChI=1S/C23H27ClN4O3S/c1-3-6-21(29)28-13-11-27(12-14-28)19-10-9-16(24)15-18(19)25-23(32)26-22(30)17-7-4-5-8-20(17)31-2/h4-5,7-10,15H,3,6,11-14H2,1-2H3,(H2,25,26,30,32). The number of piperazine rings is 1. The Balaban J connectivity index is 1.68. The van der Waals surface area contributed by atoms with Gasteiger partial charge in [0, 0.05) is 37.6 Å². The number of halogens is 1. The van der Waals surface area contributed by atoms with Crippen LogP contribution in [0, 0.1) is 0 Å². The van der Waals surface area contributed by atoms with E-state index < -0.39 is 0 Å². The van der Waals surface area contributed by atoms with Gasteiger partial charge >= 0.3 is 0 Å². The second-order valence-corrected chi connectivity index (χ2v) is 8.23. The number of carbonyl (C=O) groups is 2. The van der Waals surface area contributed by atoms with Crippen LogP contribution in [0.25, 0.3) is 0 Å². The van der Waals surface area contributed by atoms with Crippen molar-refractivity contribution in [2.24, 2.45) is 0 Å². The number of hydrogen-bond acceptors (Lipinski definition) is 5. The number of benzene rings is 2. The smallest absolute Gasteiger partial charge is 0.261 e. The lowest BCUT2D eigenvalue weighted by Crippen LogP contribution is -2.49. The Kier molecular flexibility index (Phi) is 8.30. The lowest BCUT2D eigenvalue weighted by Gasteiger charge is -2.37. The summed E-state index contributed by atoms with van der Waals surface area (Å²) >= 11 is 11.6. The van der Waals surface area contributed by atoms with Crippen LogP contribution in [0.5, 0.6) is 5.75 Å².